The number of carbonyl (C=O) groups is 1. The van der Waals surface area contributed by atoms with Gasteiger partial charge < -0.3 is 9.80 Å². The Morgan fingerprint density at radius 2 is 2.17 bits per heavy atom. The number of allylic oxidation sites excluding steroid dienone is 2. The number of hydrogen-bond donors (Lipinski definition) is 1. The highest BCUT2D eigenvalue weighted by atomic mass is 16.1. The number of likely N-dealkylation sites (N-methyl/N-ethyl adjacent to an activating group) is 1. The fourth-order valence-electron chi connectivity index (χ4n) is 6.07. The lowest BCUT2D eigenvalue weighted by Gasteiger charge is -2.51. The molecule has 1 spiro atoms. The molecule has 2 bridgehead atoms. The predicted molar refractivity (Wildman–Crippen MR) is 91.0 cm³/mol. The van der Waals surface area contributed by atoms with Crippen LogP contribution < -0.4 is 5.32 Å². The monoisotopic (exact) mass is 307 g/mol. The number of aldehydes is 1. The molecule has 3 aliphatic heterocycles. The topological polar surface area (TPSA) is 29.1 Å². The third kappa shape index (κ3) is 1.38. The van der Waals surface area contributed by atoms with Crippen molar-refractivity contribution in [3.05, 3.63) is 52.7 Å². The molecule has 1 aromatic carbocycles. The van der Waals surface area contributed by atoms with Gasteiger partial charge in [0.2, 0.25) is 0 Å². The number of para-hydroxylation sites is 1. The SMILES string of the molecule is C/C=C1\C[N@@+]2(C)CC[C@@]34C(=C(C=O)[C@H]1C[C@H]32)Nc1ccccc14. The molecule has 0 aromatic heterocycles. The molecule has 0 unspecified atom stereocenters. The smallest absolute Gasteiger partial charge is 0.148 e. The van der Waals surface area contributed by atoms with E-state index in [4.69, 9.17) is 0 Å². The Labute approximate surface area is 137 Å². The Morgan fingerprint density at radius 3 is 2.96 bits per heavy atom. The Balaban J connectivity index is 1.85. The maximum absolute atomic E-state index is 12.0. The fraction of sp³-hybridized carbons (Fsp3) is 0.450. The summed E-state index contributed by atoms with van der Waals surface area (Å²) >= 11 is 0. The summed E-state index contributed by atoms with van der Waals surface area (Å²) in [6.07, 6.45) is 5.65. The van der Waals surface area contributed by atoms with Gasteiger partial charge in [0.05, 0.1) is 19.0 Å². The summed E-state index contributed by atoms with van der Waals surface area (Å²) in [5.74, 6) is 0.316. The average Bonchev–Trinajstić information content (AvgIpc) is 3.08. The van der Waals surface area contributed by atoms with Crippen LogP contribution in [0.5, 0.6) is 0 Å². The minimum absolute atomic E-state index is 0.0390. The molecule has 3 nitrogen and oxygen atoms in total. The number of rotatable bonds is 1. The minimum Gasteiger partial charge on any atom is -0.357 e. The quantitative estimate of drug-likeness (QED) is 0.491. The van der Waals surface area contributed by atoms with Gasteiger partial charge in [0.25, 0.3) is 0 Å². The van der Waals surface area contributed by atoms with Crippen LogP contribution in [0, 0.1) is 5.92 Å². The molecule has 1 aromatic rings. The van der Waals surface area contributed by atoms with Crippen molar-refractivity contribution in [2.24, 2.45) is 5.92 Å². The van der Waals surface area contributed by atoms with Gasteiger partial charge in [-0.25, -0.2) is 0 Å². The summed E-state index contributed by atoms with van der Waals surface area (Å²) in [6.45, 7) is 4.42. The Hall–Kier alpha value is -1.87. The van der Waals surface area contributed by atoms with Crippen LogP contribution >= 0.6 is 0 Å². The lowest BCUT2D eigenvalue weighted by atomic mass is 9.61. The Morgan fingerprint density at radius 1 is 1.35 bits per heavy atom. The maximum Gasteiger partial charge on any atom is 0.148 e. The summed E-state index contributed by atoms with van der Waals surface area (Å²) in [4.78, 5) is 12.0. The van der Waals surface area contributed by atoms with Crippen LogP contribution in [0.4, 0.5) is 5.69 Å². The first kappa shape index (κ1) is 13.6. The van der Waals surface area contributed by atoms with E-state index in [1.165, 1.54) is 29.1 Å². The van der Waals surface area contributed by atoms with Crippen LogP contribution in [-0.2, 0) is 10.2 Å². The number of nitrogens with zero attached hydrogens (tertiary/aromatic N) is 1. The normalized spacial score (nSPS) is 41.6. The molecule has 0 saturated carbocycles. The Bertz CT molecular complexity index is 793. The summed E-state index contributed by atoms with van der Waals surface area (Å²) in [7, 11) is 2.42. The van der Waals surface area contributed by atoms with Crippen molar-refractivity contribution in [1.29, 1.82) is 0 Å². The van der Waals surface area contributed by atoms with Gasteiger partial charge in [0, 0.05) is 35.7 Å². The number of fused-ring (bicyclic) bond motifs is 2. The molecule has 23 heavy (non-hydrogen) atoms. The minimum atomic E-state index is 0.0390. The third-order valence-electron chi connectivity index (χ3n) is 7.06. The number of carbonyl (C=O) groups excluding carboxylic acids is 1. The zero-order valence-electron chi connectivity index (χ0n) is 13.8. The number of piperidine rings is 1. The second-order valence-electron chi connectivity index (χ2n) is 7.87. The summed E-state index contributed by atoms with van der Waals surface area (Å²) < 4.78 is 1.13. The maximum atomic E-state index is 12.0. The van der Waals surface area contributed by atoms with E-state index in [2.05, 4.69) is 49.6 Å². The summed E-state index contributed by atoms with van der Waals surface area (Å²) in [6, 6.07) is 9.27. The van der Waals surface area contributed by atoms with E-state index in [0.717, 1.165) is 35.7 Å². The number of quaternary nitrogens is 1. The first-order valence-corrected chi connectivity index (χ1v) is 8.70. The predicted octanol–water partition coefficient (Wildman–Crippen LogP) is 3.00. The number of anilines is 1. The van der Waals surface area contributed by atoms with E-state index in [1.807, 2.05) is 0 Å². The van der Waals surface area contributed by atoms with E-state index >= 15 is 0 Å². The number of benzene rings is 1. The van der Waals surface area contributed by atoms with Crippen molar-refractivity contribution in [2.75, 3.05) is 25.5 Å². The molecule has 4 atom stereocenters. The molecular formula is C20H23N2O+. The lowest BCUT2D eigenvalue weighted by Crippen LogP contribution is -2.61. The van der Waals surface area contributed by atoms with Crippen molar-refractivity contribution in [1.82, 2.24) is 0 Å². The van der Waals surface area contributed by atoms with Crippen molar-refractivity contribution in [3.8, 4) is 0 Å². The van der Waals surface area contributed by atoms with Crippen LogP contribution in [0.15, 0.2) is 47.2 Å². The largest absolute Gasteiger partial charge is 0.357 e. The molecule has 118 valence electrons. The first-order valence-electron chi connectivity index (χ1n) is 8.70. The molecule has 1 N–H and O–H groups in total. The molecule has 3 heterocycles. The van der Waals surface area contributed by atoms with E-state index in [9.17, 15) is 4.79 Å². The van der Waals surface area contributed by atoms with Gasteiger partial charge in [-0.3, -0.25) is 4.79 Å². The first-order chi connectivity index (χ1) is 11.1. The number of nitrogens with one attached hydrogen (secondary N) is 1. The van der Waals surface area contributed by atoms with Crippen LogP contribution in [0.25, 0.3) is 0 Å². The van der Waals surface area contributed by atoms with Crippen LogP contribution in [0.1, 0.15) is 25.3 Å². The zero-order valence-corrected chi connectivity index (χ0v) is 13.8. The third-order valence-corrected chi connectivity index (χ3v) is 7.06. The van der Waals surface area contributed by atoms with E-state index in [1.54, 1.807) is 0 Å². The molecule has 0 amide bonds. The van der Waals surface area contributed by atoms with Crippen LogP contribution in [0.3, 0.4) is 0 Å². The second kappa shape index (κ2) is 4.15. The van der Waals surface area contributed by atoms with Crippen molar-refractivity contribution in [3.63, 3.8) is 0 Å². The van der Waals surface area contributed by atoms with Crippen LogP contribution in [-0.4, -0.2) is 36.9 Å². The number of hydrogen-bond acceptors (Lipinski definition) is 2. The highest BCUT2D eigenvalue weighted by molar-refractivity contribution is 5.84. The van der Waals surface area contributed by atoms with Crippen molar-refractivity contribution >= 4 is 12.0 Å². The molecular weight excluding hydrogens is 284 g/mol. The molecule has 2 fully saturated rings. The van der Waals surface area contributed by atoms with Gasteiger partial charge in [-0.15, -0.1) is 0 Å². The van der Waals surface area contributed by atoms with Gasteiger partial charge in [-0.1, -0.05) is 24.3 Å². The lowest BCUT2D eigenvalue weighted by molar-refractivity contribution is -0.923. The van der Waals surface area contributed by atoms with Gasteiger partial charge in [0.1, 0.15) is 18.9 Å². The van der Waals surface area contributed by atoms with Crippen LogP contribution in [0.2, 0.25) is 0 Å². The van der Waals surface area contributed by atoms with Crippen molar-refractivity contribution in [2.45, 2.75) is 31.2 Å². The molecule has 2 saturated heterocycles. The van der Waals surface area contributed by atoms with Gasteiger partial charge in [-0.2, -0.15) is 0 Å². The second-order valence-corrected chi connectivity index (χ2v) is 7.87. The molecule has 5 rings (SSSR count). The van der Waals surface area contributed by atoms with Gasteiger partial charge in [-0.05, 0) is 24.1 Å². The molecule has 3 heteroatoms. The van der Waals surface area contributed by atoms with E-state index in [0.29, 0.717) is 12.0 Å². The summed E-state index contributed by atoms with van der Waals surface area (Å²) in [5, 5.41) is 3.66. The Kier molecular flexibility index (Phi) is 2.45. The average molecular weight is 307 g/mol. The van der Waals surface area contributed by atoms with Gasteiger partial charge >= 0.3 is 0 Å². The van der Waals surface area contributed by atoms with E-state index < -0.39 is 0 Å². The molecule has 1 aliphatic carbocycles. The highest BCUT2D eigenvalue weighted by Gasteiger charge is 2.67. The summed E-state index contributed by atoms with van der Waals surface area (Å²) in [5.41, 5.74) is 6.35. The highest BCUT2D eigenvalue weighted by Crippen LogP contribution is 2.62. The van der Waals surface area contributed by atoms with E-state index in [-0.39, 0.29) is 5.41 Å². The fourth-order valence-corrected chi connectivity index (χ4v) is 6.07. The molecule has 0 radical (unpaired) electrons. The molecule has 4 aliphatic rings. The standard InChI is InChI=1S/C20H22N2O/c1-3-13-11-22(2)9-8-20-16-6-4-5-7-17(16)21-19(20)15(12-23)14(13)10-18(20)22/h3-7,12,14,18H,8-11H2,1-2H3/p+1/b13-3+/t14-,18+,20-,22+/m0/s1. The zero-order chi connectivity index (χ0) is 15.8. The van der Waals surface area contributed by atoms with Gasteiger partial charge in [0.15, 0.2) is 0 Å². The van der Waals surface area contributed by atoms with Crippen molar-refractivity contribution < 1.29 is 9.28 Å².